The van der Waals surface area contributed by atoms with Crippen LogP contribution < -0.4 is 20.1 Å². The van der Waals surface area contributed by atoms with Crippen LogP contribution in [0.2, 0.25) is 10.3 Å². The quantitative estimate of drug-likeness (QED) is 0.0953. The van der Waals surface area contributed by atoms with Crippen LogP contribution >= 0.6 is 23.2 Å². The van der Waals surface area contributed by atoms with E-state index < -0.39 is 12.2 Å². The number of fused-ring (bicyclic) bond motifs is 2. The third-order valence-electron chi connectivity index (χ3n) is 8.80. The van der Waals surface area contributed by atoms with E-state index in [1.807, 2.05) is 26.0 Å². The molecule has 4 atom stereocenters. The monoisotopic (exact) mass is 724 g/mol. The Bertz CT molecular complexity index is 1930. The third kappa shape index (κ3) is 6.75. The standard InChI is InChI=1S/2C16H19ClN6O2/c2*1-2-25-15-9-6-7-18-14(9)21-16(22-15)20-10-8-19-23(13(10)17)11-4-3-5-12(11)24/h2*6-8,11-12,24H,2-5H2,1H3,(H2,18,20,21,22). The summed E-state index contributed by atoms with van der Waals surface area (Å²) in [6, 6.07) is 3.57. The van der Waals surface area contributed by atoms with E-state index in [-0.39, 0.29) is 12.1 Å². The van der Waals surface area contributed by atoms with Gasteiger partial charge in [0.2, 0.25) is 23.7 Å². The molecule has 6 N–H and O–H groups in total. The topological polar surface area (TPSA) is 202 Å². The van der Waals surface area contributed by atoms with E-state index in [0.717, 1.165) is 49.3 Å². The minimum absolute atomic E-state index is 0.0890. The molecule has 6 aromatic rings. The van der Waals surface area contributed by atoms with Gasteiger partial charge in [-0.25, -0.2) is 9.36 Å². The van der Waals surface area contributed by atoms with E-state index in [9.17, 15) is 10.2 Å². The fourth-order valence-corrected chi connectivity index (χ4v) is 6.94. The number of aromatic nitrogens is 10. The van der Waals surface area contributed by atoms with Gasteiger partial charge in [0, 0.05) is 12.4 Å². The van der Waals surface area contributed by atoms with E-state index in [2.05, 4.69) is 50.7 Å². The van der Waals surface area contributed by atoms with Crippen molar-refractivity contribution in [3.63, 3.8) is 0 Å². The highest BCUT2D eigenvalue weighted by atomic mass is 35.5. The Morgan fingerprint density at radius 3 is 1.54 bits per heavy atom. The van der Waals surface area contributed by atoms with Gasteiger partial charge in [-0.1, -0.05) is 23.2 Å². The molecular weight excluding hydrogens is 687 g/mol. The van der Waals surface area contributed by atoms with E-state index in [4.69, 9.17) is 32.7 Å². The van der Waals surface area contributed by atoms with Crippen molar-refractivity contribution in [3.05, 3.63) is 47.2 Å². The molecule has 16 nitrogen and oxygen atoms in total. The molecule has 0 bridgehead atoms. The van der Waals surface area contributed by atoms with Gasteiger partial charge < -0.3 is 40.3 Å². The van der Waals surface area contributed by atoms with Crippen molar-refractivity contribution in [2.24, 2.45) is 0 Å². The second-order valence-electron chi connectivity index (χ2n) is 12.0. The third-order valence-corrected chi connectivity index (χ3v) is 9.56. The molecule has 2 saturated carbocycles. The van der Waals surface area contributed by atoms with Crippen molar-refractivity contribution in [2.75, 3.05) is 23.8 Å². The Balaban J connectivity index is 0.000000157. The second kappa shape index (κ2) is 14.7. The highest BCUT2D eigenvalue weighted by Gasteiger charge is 2.31. The van der Waals surface area contributed by atoms with Gasteiger partial charge >= 0.3 is 0 Å². The molecule has 0 spiro atoms. The number of rotatable bonds is 10. The van der Waals surface area contributed by atoms with Crippen molar-refractivity contribution in [1.29, 1.82) is 0 Å². The summed E-state index contributed by atoms with van der Waals surface area (Å²) < 4.78 is 14.5. The Morgan fingerprint density at radius 1 is 0.720 bits per heavy atom. The van der Waals surface area contributed by atoms with Crippen LogP contribution in [0.1, 0.15) is 64.5 Å². The van der Waals surface area contributed by atoms with Crippen molar-refractivity contribution in [2.45, 2.75) is 76.7 Å². The van der Waals surface area contributed by atoms with Crippen LogP contribution in [0.5, 0.6) is 11.8 Å². The van der Waals surface area contributed by atoms with Crippen LogP contribution in [0, 0.1) is 0 Å². The molecule has 2 aliphatic rings. The van der Waals surface area contributed by atoms with E-state index in [1.165, 1.54) is 0 Å². The zero-order chi connectivity index (χ0) is 34.8. The fraction of sp³-hybridized carbons (Fsp3) is 0.438. The number of halogens is 2. The number of nitrogens with zero attached hydrogens (tertiary/aromatic N) is 8. The van der Waals surface area contributed by atoms with Gasteiger partial charge in [0.1, 0.15) is 11.3 Å². The minimum atomic E-state index is -0.415. The number of aliphatic hydroxyl groups excluding tert-OH is 2. The molecule has 0 aromatic carbocycles. The maximum absolute atomic E-state index is 10.1. The second-order valence-corrected chi connectivity index (χ2v) is 12.7. The first-order valence-electron chi connectivity index (χ1n) is 16.7. The first-order valence-corrected chi connectivity index (χ1v) is 17.4. The van der Waals surface area contributed by atoms with Gasteiger partial charge in [0.15, 0.2) is 10.3 Å². The lowest BCUT2D eigenvalue weighted by Gasteiger charge is -2.16. The number of anilines is 4. The molecule has 264 valence electrons. The molecule has 0 saturated heterocycles. The molecule has 0 amide bonds. The molecule has 8 rings (SSSR count). The van der Waals surface area contributed by atoms with Gasteiger partial charge in [0.25, 0.3) is 0 Å². The molecule has 0 aliphatic heterocycles. The largest absolute Gasteiger partial charge is 0.477 e. The Hall–Kier alpha value is -4.64. The first-order chi connectivity index (χ1) is 24.3. The van der Waals surface area contributed by atoms with Gasteiger partial charge in [0.05, 0.1) is 72.0 Å². The predicted molar refractivity (Wildman–Crippen MR) is 189 cm³/mol. The average Bonchev–Trinajstić information content (AvgIpc) is 3.96. The lowest BCUT2D eigenvalue weighted by molar-refractivity contribution is 0.130. The van der Waals surface area contributed by atoms with E-state index in [1.54, 1.807) is 34.2 Å². The van der Waals surface area contributed by atoms with Crippen LogP contribution in [0.4, 0.5) is 23.3 Å². The molecule has 50 heavy (non-hydrogen) atoms. The maximum atomic E-state index is 10.1. The zero-order valence-electron chi connectivity index (χ0n) is 27.5. The summed E-state index contributed by atoms with van der Waals surface area (Å²) >= 11 is 12.9. The van der Waals surface area contributed by atoms with Gasteiger partial charge in [-0.2, -0.15) is 30.1 Å². The van der Waals surface area contributed by atoms with Crippen LogP contribution in [-0.2, 0) is 0 Å². The van der Waals surface area contributed by atoms with Crippen LogP contribution in [0.25, 0.3) is 22.1 Å². The van der Waals surface area contributed by atoms with Crippen LogP contribution in [0.3, 0.4) is 0 Å². The van der Waals surface area contributed by atoms with E-state index in [0.29, 0.717) is 69.8 Å². The Labute approximate surface area is 296 Å². The molecule has 6 heterocycles. The smallest absolute Gasteiger partial charge is 0.232 e. The van der Waals surface area contributed by atoms with Crippen molar-refractivity contribution in [3.8, 4) is 11.8 Å². The minimum Gasteiger partial charge on any atom is -0.477 e. The fourth-order valence-electron chi connectivity index (χ4n) is 6.41. The van der Waals surface area contributed by atoms with Crippen LogP contribution in [-0.4, -0.2) is 85.1 Å². The number of ether oxygens (including phenoxy) is 2. The summed E-state index contributed by atoms with van der Waals surface area (Å²) in [6.07, 6.45) is 11.2. The molecule has 0 radical (unpaired) electrons. The Morgan fingerprint density at radius 2 is 1.16 bits per heavy atom. The normalized spacial score (nSPS) is 20.3. The number of hydrogen-bond acceptors (Lipinski definition) is 12. The summed E-state index contributed by atoms with van der Waals surface area (Å²) in [5.74, 6) is 1.75. The van der Waals surface area contributed by atoms with E-state index >= 15 is 0 Å². The average molecular weight is 726 g/mol. The van der Waals surface area contributed by atoms with Crippen molar-refractivity contribution < 1.29 is 19.7 Å². The summed E-state index contributed by atoms with van der Waals surface area (Å²) in [5, 5.41) is 37.5. The maximum Gasteiger partial charge on any atom is 0.232 e. The highest BCUT2D eigenvalue weighted by Crippen LogP contribution is 2.37. The molecule has 2 fully saturated rings. The van der Waals surface area contributed by atoms with Crippen LogP contribution in [0.15, 0.2) is 36.9 Å². The summed E-state index contributed by atoms with van der Waals surface area (Å²) in [7, 11) is 0. The van der Waals surface area contributed by atoms with Crippen molar-refractivity contribution in [1.82, 2.24) is 49.5 Å². The van der Waals surface area contributed by atoms with Gasteiger partial charge in [-0.3, -0.25) is 0 Å². The molecule has 4 unspecified atom stereocenters. The van der Waals surface area contributed by atoms with Crippen molar-refractivity contribution >= 4 is 68.5 Å². The number of hydrogen-bond donors (Lipinski definition) is 6. The molecule has 18 heteroatoms. The predicted octanol–water partition coefficient (Wildman–Crippen LogP) is 6.07. The summed E-state index contributed by atoms with van der Waals surface area (Å²) in [5.41, 5.74) is 2.54. The lowest BCUT2D eigenvalue weighted by Crippen LogP contribution is -2.19. The molecule has 6 aromatic heterocycles. The number of H-pyrrole nitrogens is 2. The highest BCUT2D eigenvalue weighted by molar-refractivity contribution is 6.32. The Kier molecular flexibility index (Phi) is 9.94. The number of aliphatic hydroxyl groups is 2. The summed E-state index contributed by atoms with van der Waals surface area (Å²) in [4.78, 5) is 23.8. The molecular formula is C32H38Cl2N12O4. The molecule has 2 aliphatic carbocycles. The summed E-state index contributed by atoms with van der Waals surface area (Å²) in [6.45, 7) is 4.83. The number of aromatic amines is 2. The SMILES string of the molecule is CCOc1nc(Nc2cnn(C3CCCC3O)c2Cl)nc2[nH]ccc12.CCOc1nc(Nc2cnn(C3CCCC3O)c2Cl)nc2[nH]ccc12. The lowest BCUT2D eigenvalue weighted by atomic mass is 10.2. The van der Waals surface area contributed by atoms with Gasteiger partial charge in [-0.15, -0.1) is 0 Å². The zero-order valence-corrected chi connectivity index (χ0v) is 29.0. The van der Waals surface area contributed by atoms with Gasteiger partial charge in [-0.05, 0) is 64.5 Å². The number of nitrogens with one attached hydrogen (secondary N) is 4. The first kappa shape index (κ1) is 33.8.